The number of hydrogen-bond donors (Lipinski definition) is 2. The normalized spacial score (nSPS) is 21.5. The van der Waals surface area contributed by atoms with E-state index in [4.69, 9.17) is 16.3 Å². The van der Waals surface area contributed by atoms with Crippen molar-refractivity contribution in [3.05, 3.63) is 34.9 Å². The second kappa shape index (κ2) is 11.9. The van der Waals surface area contributed by atoms with E-state index < -0.39 is 0 Å². The molecule has 0 aromatic heterocycles. The minimum atomic E-state index is 0. The maximum absolute atomic E-state index is 5.90. The predicted molar refractivity (Wildman–Crippen MR) is 116 cm³/mol. The van der Waals surface area contributed by atoms with Crippen LogP contribution in [0.3, 0.4) is 0 Å². The molecule has 0 saturated carbocycles. The van der Waals surface area contributed by atoms with Crippen molar-refractivity contribution in [1.82, 2.24) is 15.5 Å². The zero-order chi connectivity index (χ0) is 17.4. The Bertz CT molecular complexity index is 516. The third-order valence-electron chi connectivity index (χ3n) is 4.04. The molecule has 1 heterocycles. The number of aliphatic imine (C=N–C) groups is 1. The van der Waals surface area contributed by atoms with Crippen molar-refractivity contribution in [2.75, 3.05) is 33.2 Å². The van der Waals surface area contributed by atoms with Gasteiger partial charge in [-0.2, -0.15) is 0 Å². The van der Waals surface area contributed by atoms with E-state index in [9.17, 15) is 0 Å². The molecule has 25 heavy (non-hydrogen) atoms. The van der Waals surface area contributed by atoms with Crippen LogP contribution in [0.5, 0.6) is 0 Å². The first kappa shape index (κ1) is 22.5. The fourth-order valence-corrected chi connectivity index (χ4v) is 3.11. The lowest BCUT2D eigenvalue weighted by Gasteiger charge is -2.35. The van der Waals surface area contributed by atoms with Crippen molar-refractivity contribution in [3.8, 4) is 0 Å². The van der Waals surface area contributed by atoms with E-state index in [2.05, 4.69) is 34.4 Å². The summed E-state index contributed by atoms with van der Waals surface area (Å²) in [5.41, 5.74) is 1.18. The first-order chi connectivity index (χ1) is 11.6. The van der Waals surface area contributed by atoms with E-state index in [1.165, 1.54) is 5.56 Å². The SMILES string of the molecule is CN=C(NCCCN1CC(C)OC(C)C1)NCc1ccc(Cl)cc1.I. The number of rotatable bonds is 6. The predicted octanol–water partition coefficient (Wildman–Crippen LogP) is 3.12. The van der Waals surface area contributed by atoms with Crippen molar-refractivity contribution in [2.45, 2.75) is 39.0 Å². The van der Waals surface area contributed by atoms with Gasteiger partial charge in [0.15, 0.2) is 5.96 Å². The minimum Gasteiger partial charge on any atom is -0.373 e. The highest BCUT2D eigenvalue weighted by atomic mass is 127. The Balaban J connectivity index is 0.00000312. The van der Waals surface area contributed by atoms with Crippen LogP contribution in [-0.4, -0.2) is 56.3 Å². The summed E-state index contributed by atoms with van der Waals surface area (Å²) < 4.78 is 5.76. The summed E-state index contributed by atoms with van der Waals surface area (Å²) >= 11 is 5.90. The quantitative estimate of drug-likeness (QED) is 0.284. The molecule has 5 nitrogen and oxygen atoms in total. The zero-order valence-corrected chi connectivity index (χ0v) is 18.4. The summed E-state index contributed by atoms with van der Waals surface area (Å²) in [6, 6.07) is 7.84. The summed E-state index contributed by atoms with van der Waals surface area (Å²) in [5, 5.41) is 7.45. The molecule has 0 spiro atoms. The van der Waals surface area contributed by atoms with Gasteiger partial charge in [0.25, 0.3) is 0 Å². The van der Waals surface area contributed by atoms with Crippen molar-refractivity contribution in [3.63, 3.8) is 0 Å². The molecule has 1 aliphatic heterocycles. The molecule has 1 fully saturated rings. The number of morpholine rings is 1. The molecule has 1 aromatic carbocycles. The lowest BCUT2D eigenvalue weighted by atomic mass is 10.2. The zero-order valence-electron chi connectivity index (χ0n) is 15.3. The topological polar surface area (TPSA) is 48.9 Å². The second-order valence-electron chi connectivity index (χ2n) is 6.35. The van der Waals surface area contributed by atoms with E-state index in [0.29, 0.717) is 12.2 Å². The van der Waals surface area contributed by atoms with Crippen molar-refractivity contribution in [2.24, 2.45) is 4.99 Å². The summed E-state index contributed by atoms with van der Waals surface area (Å²) in [6.45, 7) is 9.05. The summed E-state index contributed by atoms with van der Waals surface area (Å²) in [6.07, 6.45) is 1.74. The number of benzene rings is 1. The van der Waals surface area contributed by atoms with Crippen molar-refractivity contribution >= 4 is 41.5 Å². The first-order valence-electron chi connectivity index (χ1n) is 8.63. The van der Waals surface area contributed by atoms with Crippen LogP contribution in [0.2, 0.25) is 5.02 Å². The van der Waals surface area contributed by atoms with Crippen molar-refractivity contribution in [1.29, 1.82) is 0 Å². The van der Waals surface area contributed by atoms with Gasteiger partial charge in [0, 0.05) is 44.8 Å². The molecule has 0 bridgehead atoms. The molecule has 0 aliphatic carbocycles. The average Bonchev–Trinajstić information content (AvgIpc) is 2.55. The van der Waals surface area contributed by atoms with Gasteiger partial charge in [-0.25, -0.2) is 0 Å². The monoisotopic (exact) mass is 480 g/mol. The molecule has 2 atom stereocenters. The van der Waals surface area contributed by atoms with E-state index in [-0.39, 0.29) is 24.0 Å². The number of hydrogen-bond acceptors (Lipinski definition) is 3. The lowest BCUT2D eigenvalue weighted by Crippen LogP contribution is -2.46. The number of guanidine groups is 1. The average molecular weight is 481 g/mol. The third kappa shape index (κ3) is 8.57. The van der Waals surface area contributed by atoms with Crippen LogP contribution >= 0.6 is 35.6 Å². The van der Waals surface area contributed by atoms with Gasteiger partial charge in [-0.3, -0.25) is 9.89 Å². The Morgan fingerprint density at radius 2 is 1.84 bits per heavy atom. The van der Waals surface area contributed by atoms with Gasteiger partial charge in [0.1, 0.15) is 0 Å². The Hall–Kier alpha value is -0.570. The highest BCUT2D eigenvalue weighted by Gasteiger charge is 2.21. The number of nitrogens with one attached hydrogen (secondary N) is 2. The molecule has 2 unspecified atom stereocenters. The largest absolute Gasteiger partial charge is 0.373 e. The number of nitrogens with zero attached hydrogens (tertiary/aromatic N) is 2. The Labute approximate surface area is 173 Å². The number of halogens is 2. The highest BCUT2D eigenvalue weighted by molar-refractivity contribution is 14.0. The number of ether oxygens (including phenoxy) is 1. The molecule has 142 valence electrons. The van der Waals surface area contributed by atoms with Gasteiger partial charge >= 0.3 is 0 Å². The minimum absolute atomic E-state index is 0. The molecular formula is C18H30ClIN4O. The molecule has 0 amide bonds. The van der Waals surface area contributed by atoms with E-state index in [1.54, 1.807) is 7.05 Å². The molecule has 0 radical (unpaired) electrons. The molecule has 2 rings (SSSR count). The molecule has 1 aliphatic rings. The van der Waals surface area contributed by atoms with Crippen LogP contribution in [-0.2, 0) is 11.3 Å². The van der Waals surface area contributed by atoms with Gasteiger partial charge in [0.05, 0.1) is 12.2 Å². The Morgan fingerprint density at radius 3 is 2.44 bits per heavy atom. The highest BCUT2D eigenvalue weighted by Crippen LogP contribution is 2.10. The maximum atomic E-state index is 5.90. The van der Waals surface area contributed by atoms with E-state index in [0.717, 1.165) is 50.1 Å². The molecule has 7 heteroatoms. The van der Waals surface area contributed by atoms with E-state index in [1.807, 2.05) is 24.3 Å². The van der Waals surface area contributed by atoms with Gasteiger partial charge in [-0.05, 0) is 38.0 Å². The Kier molecular flexibility index (Phi) is 10.7. The van der Waals surface area contributed by atoms with Crippen molar-refractivity contribution < 1.29 is 4.74 Å². The third-order valence-corrected chi connectivity index (χ3v) is 4.29. The molecular weight excluding hydrogens is 451 g/mol. The van der Waals surface area contributed by atoms with Crippen LogP contribution < -0.4 is 10.6 Å². The molecule has 2 N–H and O–H groups in total. The second-order valence-corrected chi connectivity index (χ2v) is 6.79. The van der Waals surface area contributed by atoms with Gasteiger partial charge in [0.2, 0.25) is 0 Å². The lowest BCUT2D eigenvalue weighted by molar-refractivity contribution is -0.0679. The van der Waals surface area contributed by atoms with Crippen LogP contribution in [0, 0.1) is 0 Å². The van der Waals surface area contributed by atoms with Crippen LogP contribution in [0.4, 0.5) is 0 Å². The maximum Gasteiger partial charge on any atom is 0.191 e. The van der Waals surface area contributed by atoms with Crippen LogP contribution in [0.1, 0.15) is 25.8 Å². The van der Waals surface area contributed by atoms with Gasteiger partial charge in [-0.15, -0.1) is 24.0 Å². The fourth-order valence-electron chi connectivity index (χ4n) is 2.99. The first-order valence-corrected chi connectivity index (χ1v) is 9.01. The van der Waals surface area contributed by atoms with Gasteiger partial charge < -0.3 is 15.4 Å². The smallest absolute Gasteiger partial charge is 0.191 e. The summed E-state index contributed by atoms with van der Waals surface area (Å²) in [5.74, 6) is 0.827. The summed E-state index contributed by atoms with van der Waals surface area (Å²) in [4.78, 5) is 6.74. The fraction of sp³-hybridized carbons (Fsp3) is 0.611. The molecule has 1 saturated heterocycles. The Morgan fingerprint density at radius 1 is 1.20 bits per heavy atom. The van der Waals surface area contributed by atoms with Crippen LogP contribution in [0.15, 0.2) is 29.3 Å². The standard InChI is InChI=1S/C18H29ClN4O.HI/c1-14-12-23(13-15(2)24-14)10-4-9-21-18(20-3)22-11-16-5-7-17(19)8-6-16;/h5-8,14-15H,4,9-13H2,1-3H3,(H2,20,21,22);1H. The van der Waals surface area contributed by atoms with Crippen LogP contribution in [0.25, 0.3) is 0 Å². The molecule has 1 aromatic rings. The summed E-state index contributed by atoms with van der Waals surface area (Å²) in [7, 11) is 1.79. The van der Waals surface area contributed by atoms with E-state index >= 15 is 0 Å². The van der Waals surface area contributed by atoms with Gasteiger partial charge in [-0.1, -0.05) is 23.7 Å².